The number of nitrogens with one attached hydrogen (secondary N) is 2. The first-order chi connectivity index (χ1) is 8.22. The van der Waals surface area contributed by atoms with Crippen molar-refractivity contribution in [3.63, 3.8) is 0 Å². The molecule has 0 fully saturated rings. The molecular weight excluding hydrogens is 343 g/mol. The molecule has 0 aliphatic carbocycles. The number of halogens is 1. The monoisotopic (exact) mass is 366 g/mol. The van der Waals surface area contributed by atoms with Gasteiger partial charge in [0.15, 0.2) is 5.96 Å². The largest absolute Gasteiger partial charge is 0.364 e. The summed E-state index contributed by atoms with van der Waals surface area (Å²) in [6.07, 6.45) is 3.95. The molecule has 0 saturated carbocycles. The highest BCUT2D eigenvalue weighted by atomic mass is 127. The van der Waals surface area contributed by atoms with Crippen LogP contribution in [-0.4, -0.2) is 24.7 Å². The number of aromatic nitrogens is 1. The molecule has 6 heteroatoms. The van der Waals surface area contributed by atoms with Gasteiger partial charge in [0.25, 0.3) is 0 Å². The maximum atomic E-state index is 4.76. The van der Waals surface area contributed by atoms with Crippen molar-refractivity contribution in [3.8, 4) is 0 Å². The van der Waals surface area contributed by atoms with Gasteiger partial charge in [0, 0.05) is 19.7 Å². The molecule has 0 aliphatic heterocycles. The predicted octanol–water partition coefficient (Wildman–Crippen LogP) is 2.39. The number of hydrogen-bond donors (Lipinski definition) is 2. The number of hydrogen-bond acceptors (Lipinski definition) is 3. The molecule has 0 atom stereocenters. The Labute approximate surface area is 126 Å². The van der Waals surface area contributed by atoms with E-state index in [-0.39, 0.29) is 24.0 Å². The van der Waals surface area contributed by atoms with E-state index in [4.69, 9.17) is 4.52 Å². The standard InChI is InChI=1S/C12H22N4O.HI/c1-10(2)5-4-7-14-12(13-3)15-9-11-6-8-17-16-11;/h6,8,10H,4-5,7,9H2,1-3H3,(H2,13,14,15);1H. The summed E-state index contributed by atoms with van der Waals surface area (Å²) in [6.45, 7) is 6.03. The summed E-state index contributed by atoms with van der Waals surface area (Å²) in [6, 6.07) is 1.83. The molecule has 0 aliphatic rings. The Hall–Kier alpha value is -0.790. The first-order valence-corrected chi connectivity index (χ1v) is 6.06. The lowest BCUT2D eigenvalue weighted by molar-refractivity contribution is 0.410. The van der Waals surface area contributed by atoms with Crippen LogP contribution in [0.15, 0.2) is 21.8 Å². The summed E-state index contributed by atoms with van der Waals surface area (Å²) >= 11 is 0. The molecule has 1 rings (SSSR count). The van der Waals surface area contributed by atoms with Crippen LogP contribution in [0.2, 0.25) is 0 Å². The van der Waals surface area contributed by atoms with E-state index in [0.29, 0.717) is 6.54 Å². The molecular formula is C12H23IN4O. The van der Waals surface area contributed by atoms with Crippen LogP contribution in [0, 0.1) is 5.92 Å². The summed E-state index contributed by atoms with van der Waals surface area (Å²) in [5.41, 5.74) is 0.870. The Morgan fingerprint density at radius 2 is 2.22 bits per heavy atom. The molecule has 0 unspecified atom stereocenters. The van der Waals surface area contributed by atoms with Crippen molar-refractivity contribution < 1.29 is 4.52 Å². The molecule has 0 radical (unpaired) electrons. The average molecular weight is 366 g/mol. The topological polar surface area (TPSA) is 62.5 Å². The minimum atomic E-state index is 0. The maximum Gasteiger partial charge on any atom is 0.191 e. The molecule has 1 heterocycles. The Kier molecular flexibility index (Phi) is 9.72. The van der Waals surface area contributed by atoms with Crippen LogP contribution in [0.3, 0.4) is 0 Å². The summed E-state index contributed by atoms with van der Waals surface area (Å²) in [5.74, 6) is 1.55. The number of nitrogens with zero attached hydrogens (tertiary/aromatic N) is 2. The van der Waals surface area contributed by atoms with Crippen molar-refractivity contribution in [1.82, 2.24) is 15.8 Å². The molecule has 1 aromatic rings. The fraction of sp³-hybridized carbons (Fsp3) is 0.667. The van der Waals surface area contributed by atoms with Crippen molar-refractivity contribution in [2.75, 3.05) is 13.6 Å². The molecule has 18 heavy (non-hydrogen) atoms. The first-order valence-electron chi connectivity index (χ1n) is 6.06. The maximum absolute atomic E-state index is 4.76. The van der Waals surface area contributed by atoms with E-state index in [0.717, 1.165) is 30.5 Å². The van der Waals surface area contributed by atoms with Crippen molar-refractivity contribution in [2.45, 2.75) is 33.2 Å². The quantitative estimate of drug-likeness (QED) is 0.351. The summed E-state index contributed by atoms with van der Waals surface area (Å²) in [5, 5.41) is 10.3. The molecule has 0 aromatic carbocycles. The van der Waals surface area contributed by atoms with E-state index in [1.807, 2.05) is 6.07 Å². The zero-order valence-electron chi connectivity index (χ0n) is 11.3. The highest BCUT2D eigenvalue weighted by molar-refractivity contribution is 14.0. The Balaban J connectivity index is 0.00000289. The van der Waals surface area contributed by atoms with Crippen molar-refractivity contribution in [1.29, 1.82) is 0 Å². The Morgan fingerprint density at radius 3 is 2.78 bits per heavy atom. The van der Waals surface area contributed by atoms with E-state index in [9.17, 15) is 0 Å². The minimum absolute atomic E-state index is 0. The molecule has 0 spiro atoms. The van der Waals surface area contributed by atoms with Crippen LogP contribution in [0.1, 0.15) is 32.4 Å². The number of rotatable bonds is 6. The lowest BCUT2D eigenvalue weighted by atomic mass is 10.1. The van der Waals surface area contributed by atoms with Crippen LogP contribution in [-0.2, 0) is 6.54 Å². The third-order valence-electron chi connectivity index (χ3n) is 2.40. The van der Waals surface area contributed by atoms with Crippen molar-refractivity contribution in [2.24, 2.45) is 10.9 Å². The molecule has 5 nitrogen and oxygen atoms in total. The zero-order chi connectivity index (χ0) is 12.5. The van der Waals surface area contributed by atoms with Crippen LogP contribution >= 0.6 is 24.0 Å². The number of guanidine groups is 1. The third-order valence-corrected chi connectivity index (χ3v) is 2.40. The van der Waals surface area contributed by atoms with Gasteiger partial charge in [-0.15, -0.1) is 24.0 Å². The summed E-state index contributed by atoms with van der Waals surface area (Å²) < 4.78 is 4.76. The highest BCUT2D eigenvalue weighted by Crippen LogP contribution is 2.01. The van der Waals surface area contributed by atoms with Crippen LogP contribution in [0.5, 0.6) is 0 Å². The van der Waals surface area contributed by atoms with E-state index in [1.165, 1.54) is 6.42 Å². The molecule has 0 amide bonds. The molecule has 0 saturated heterocycles. The van der Waals surface area contributed by atoms with E-state index < -0.39 is 0 Å². The minimum Gasteiger partial charge on any atom is -0.364 e. The van der Waals surface area contributed by atoms with Gasteiger partial charge in [-0.1, -0.05) is 19.0 Å². The van der Waals surface area contributed by atoms with Crippen LogP contribution in [0.25, 0.3) is 0 Å². The fourth-order valence-electron chi connectivity index (χ4n) is 1.44. The molecule has 104 valence electrons. The van der Waals surface area contributed by atoms with Crippen molar-refractivity contribution >= 4 is 29.9 Å². The van der Waals surface area contributed by atoms with Gasteiger partial charge in [-0.25, -0.2) is 0 Å². The smallest absolute Gasteiger partial charge is 0.191 e. The van der Waals surface area contributed by atoms with Gasteiger partial charge in [-0.2, -0.15) is 0 Å². The van der Waals surface area contributed by atoms with E-state index in [1.54, 1.807) is 13.3 Å². The lowest BCUT2D eigenvalue weighted by Gasteiger charge is -2.11. The van der Waals surface area contributed by atoms with Gasteiger partial charge >= 0.3 is 0 Å². The number of aliphatic imine (C=N–C) groups is 1. The summed E-state index contributed by atoms with van der Waals surface area (Å²) in [7, 11) is 1.76. The Morgan fingerprint density at radius 1 is 1.44 bits per heavy atom. The predicted molar refractivity (Wildman–Crippen MR) is 84.2 cm³/mol. The molecule has 0 bridgehead atoms. The first kappa shape index (κ1) is 17.2. The SMILES string of the molecule is CN=C(NCCCC(C)C)NCc1ccon1.I. The van der Waals surface area contributed by atoms with Gasteiger partial charge in [0.1, 0.15) is 12.0 Å². The molecule has 1 aromatic heterocycles. The van der Waals surface area contributed by atoms with E-state index >= 15 is 0 Å². The third kappa shape index (κ3) is 7.52. The second-order valence-corrected chi connectivity index (χ2v) is 4.38. The average Bonchev–Trinajstić information content (AvgIpc) is 2.81. The van der Waals surface area contributed by atoms with Gasteiger partial charge in [0.2, 0.25) is 0 Å². The summed E-state index contributed by atoms with van der Waals surface area (Å²) in [4.78, 5) is 4.14. The normalized spacial score (nSPS) is 11.2. The van der Waals surface area contributed by atoms with E-state index in [2.05, 4.69) is 34.6 Å². The van der Waals surface area contributed by atoms with Crippen molar-refractivity contribution in [3.05, 3.63) is 18.0 Å². The highest BCUT2D eigenvalue weighted by Gasteiger charge is 2.00. The second-order valence-electron chi connectivity index (χ2n) is 4.38. The van der Waals surface area contributed by atoms with Gasteiger partial charge in [0.05, 0.1) is 6.54 Å². The van der Waals surface area contributed by atoms with Gasteiger partial charge in [-0.05, 0) is 18.8 Å². The van der Waals surface area contributed by atoms with Gasteiger partial charge < -0.3 is 15.2 Å². The van der Waals surface area contributed by atoms with Crippen LogP contribution in [0.4, 0.5) is 0 Å². The zero-order valence-corrected chi connectivity index (χ0v) is 13.6. The Bertz CT molecular complexity index is 325. The molecule has 2 N–H and O–H groups in total. The van der Waals surface area contributed by atoms with Crippen LogP contribution < -0.4 is 10.6 Å². The van der Waals surface area contributed by atoms with Gasteiger partial charge in [-0.3, -0.25) is 4.99 Å². The lowest BCUT2D eigenvalue weighted by Crippen LogP contribution is -2.37. The fourth-order valence-corrected chi connectivity index (χ4v) is 1.44. The second kappa shape index (κ2) is 10.2.